The lowest BCUT2D eigenvalue weighted by atomic mass is 9.86. The van der Waals surface area contributed by atoms with Gasteiger partial charge in [0.1, 0.15) is 0 Å². The van der Waals surface area contributed by atoms with E-state index in [1.54, 1.807) is 19.2 Å². The Morgan fingerprint density at radius 2 is 1.75 bits per heavy atom. The van der Waals surface area contributed by atoms with E-state index in [2.05, 4.69) is 5.32 Å². The molecule has 0 saturated heterocycles. The predicted molar refractivity (Wildman–Crippen MR) is 71.7 cm³/mol. The molecule has 0 heterocycles. The van der Waals surface area contributed by atoms with Gasteiger partial charge < -0.3 is 21.3 Å². The molecule has 0 aromatic heterocycles. The second-order valence-corrected chi connectivity index (χ2v) is 4.33. The lowest BCUT2D eigenvalue weighted by molar-refractivity contribution is -0.142. The summed E-state index contributed by atoms with van der Waals surface area (Å²) in [5, 5.41) is 20.6. The molecule has 5 N–H and O–H groups in total. The highest BCUT2D eigenvalue weighted by Gasteiger charge is 2.42. The molecule has 0 radical (unpaired) electrons. The number of hydrogen-bond donors (Lipinski definition) is 4. The second-order valence-electron chi connectivity index (χ2n) is 4.33. The zero-order chi connectivity index (χ0) is 15.3. The number of ketones is 1. The first-order valence-electron chi connectivity index (χ1n) is 5.88. The standard InChI is InChI=1S/C13H16N2O5/c1-15-9-4-2-8(3-5-9)11(18)13(14,12(19)20)7-6-10(16)17/h2-5,15H,6-7,14H2,1H3,(H,16,17)(H,19,20). The van der Waals surface area contributed by atoms with E-state index < -0.39 is 36.1 Å². The molecular formula is C13H16N2O5. The Labute approximate surface area is 115 Å². The van der Waals surface area contributed by atoms with Crippen molar-refractivity contribution in [3.05, 3.63) is 29.8 Å². The summed E-state index contributed by atoms with van der Waals surface area (Å²) in [6.45, 7) is 0. The van der Waals surface area contributed by atoms with Crippen LogP contribution in [0.3, 0.4) is 0 Å². The van der Waals surface area contributed by atoms with E-state index in [1.807, 2.05) is 0 Å². The van der Waals surface area contributed by atoms with Crippen molar-refractivity contribution in [2.24, 2.45) is 5.73 Å². The van der Waals surface area contributed by atoms with Gasteiger partial charge >= 0.3 is 11.9 Å². The Morgan fingerprint density at radius 3 is 2.15 bits per heavy atom. The maximum atomic E-state index is 12.2. The first kappa shape index (κ1) is 15.6. The van der Waals surface area contributed by atoms with E-state index in [9.17, 15) is 14.4 Å². The quantitative estimate of drug-likeness (QED) is 0.424. The van der Waals surface area contributed by atoms with Gasteiger partial charge in [-0.25, -0.2) is 4.79 Å². The molecule has 0 aliphatic heterocycles. The normalized spacial score (nSPS) is 13.3. The summed E-state index contributed by atoms with van der Waals surface area (Å²) in [5.74, 6) is -3.56. The maximum Gasteiger partial charge on any atom is 0.331 e. The summed E-state index contributed by atoms with van der Waals surface area (Å²) in [6.07, 6.45) is -0.965. The first-order valence-corrected chi connectivity index (χ1v) is 5.88. The third-order valence-electron chi connectivity index (χ3n) is 2.96. The van der Waals surface area contributed by atoms with E-state index >= 15 is 0 Å². The van der Waals surface area contributed by atoms with Crippen molar-refractivity contribution in [1.29, 1.82) is 0 Å². The molecule has 0 aliphatic carbocycles. The summed E-state index contributed by atoms with van der Waals surface area (Å²) in [5.41, 5.74) is 4.25. The van der Waals surface area contributed by atoms with Crippen LogP contribution in [0.2, 0.25) is 0 Å². The summed E-state index contributed by atoms with van der Waals surface area (Å²) >= 11 is 0. The topological polar surface area (TPSA) is 130 Å². The Kier molecular flexibility index (Phi) is 4.82. The van der Waals surface area contributed by atoms with Crippen molar-refractivity contribution in [2.75, 3.05) is 12.4 Å². The van der Waals surface area contributed by atoms with Gasteiger partial charge in [-0.2, -0.15) is 0 Å². The van der Waals surface area contributed by atoms with Gasteiger partial charge in [-0.3, -0.25) is 9.59 Å². The SMILES string of the molecule is CNc1ccc(C(=O)C(N)(CCC(=O)O)C(=O)O)cc1. The molecule has 1 rings (SSSR count). The van der Waals surface area contributed by atoms with Crippen LogP contribution in [0.15, 0.2) is 24.3 Å². The minimum absolute atomic E-state index is 0.124. The number of carbonyl (C=O) groups excluding carboxylic acids is 1. The summed E-state index contributed by atoms with van der Waals surface area (Å²) in [4.78, 5) is 34.0. The Hall–Kier alpha value is -2.41. The summed E-state index contributed by atoms with van der Waals surface area (Å²) < 4.78 is 0. The van der Waals surface area contributed by atoms with Crippen LogP contribution < -0.4 is 11.1 Å². The molecule has 108 valence electrons. The number of carboxylic acid groups (broad SMARTS) is 2. The number of benzene rings is 1. The average molecular weight is 280 g/mol. The van der Waals surface area contributed by atoms with E-state index in [1.165, 1.54) is 12.1 Å². The Bertz CT molecular complexity index is 526. The molecule has 1 atom stereocenters. The fraction of sp³-hybridized carbons (Fsp3) is 0.308. The fourth-order valence-electron chi connectivity index (χ4n) is 1.67. The van der Waals surface area contributed by atoms with Gasteiger partial charge in [-0.15, -0.1) is 0 Å². The molecule has 0 bridgehead atoms. The lowest BCUT2D eigenvalue weighted by Crippen LogP contribution is -2.55. The lowest BCUT2D eigenvalue weighted by Gasteiger charge is -2.22. The number of carboxylic acids is 2. The smallest absolute Gasteiger partial charge is 0.331 e. The minimum Gasteiger partial charge on any atom is -0.481 e. The van der Waals surface area contributed by atoms with Crippen LogP contribution in [-0.4, -0.2) is 40.5 Å². The Balaban J connectivity index is 3.03. The van der Waals surface area contributed by atoms with Gasteiger partial charge in [-0.05, 0) is 30.7 Å². The highest BCUT2D eigenvalue weighted by Crippen LogP contribution is 2.19. The number of nitrogens with one attached hydrogen (secondary N) is 1. The van der Waals surface area contributed by atoms with Crippen LogP contribution in [-0.2, 0) is 9.59 Å². The molecule has 7 heteroatoms. The minimum atomic E-state index is -2.24. The molecule has 0 aliphatic rings. The fourth-order valence-corrected chi connectivity index (χ4v) is 1.67. The molecule has 7 nitrogen and oxygen atoms in total. The van der Waals surface area contributed by atoms with Gasteiger partial charge in [0.25, 0.3) is 0 Å². The average Bonchev–Trinajstić information content (AvgIpc) is 2.43. The second kappa shape index (κ2) is 6.16. The number of carbonyl (C=O) groups is 3. The van der Waals surface area contributed by atoms with Crippen LogP contribution in [0.4, 0.5) is 5.69 Å². The highest BCUT2D eigenvalue weighted by atomic mass is 16.4. The molecule has 1 unspecified atom stereocenters. The zero-order valence-electron chi connectivity index (χ0n) is 10.9. The van der Waals surface area contributed by atoms with Gasteiger partial charge in [0, 0.05) is 24.7 Å². The van der Waals surface area contributed by atoms with Crippen LogP contribution in [0.25, 0.3) is 0 Å². The number of Topliss-reactive ketones (excluding diaryl/α,β-unsaturated/α-hetero) is 1. The van der Waals surface area contributed by atoms with Crippen LogP contribution in [0.1, 0.15) is 23.2 Å². The number of nitrogens with two attached hydrogens (primary N) is 1. The van der Waals surface area contributed by atoms with Crippen LogP contribution in [0.5, 0.6) is 0 Å². The van der Waals surface area contributed by atoms with Gasteiger partial charge in [0.2, 0.25) is 0 Å². The summed E-state index contributed by atoms with van der Waals surface area (Å²) in [7, 11) is 1.70. The molecule has 1 aromatic carbocycles. The number of hydrogen-bond acceptors (Lipinski definition) is 5. The molecule has 20 heavy (non-hydrogen) atoms. The van der Waals surface area contributed by atoms with Crippen molar-refractivity contribution in [1.82, 2.24) is 0 Å². The molecule has 0 fully saturated rings. The van der Waals surface area contributed by atoms with Crippen molar-refractivity contribution in [3.8, 4) is 0 Å². The van der Waals surface area contributed by atoms with Crippen molar-refractivity contribution in [3.63, 3.8) is 0 Å². The molecular weight excluding hydrogens is 264 g/mol. The largest absolute Gasteiger partial charge is 0.481 e. The van der Waals surface area contributed by atoms with E-state index in [4.69, 9.17) is 15.9 Å². The predicted octanol–water partition coefficient (Wildman–Crippen LogP) is 0.558. The van der Waals surface area contributed by atoms with Crippen molar-refractivity contribution < 1.29 is 24.6 Å². The molecule has 0 amide bonds. The van der Waals surface area contributed by atoms with E-state index in [0.29, 0.717) is 0 Å². The number of anilines is 1. The first-order chi connectivity index (χ1) is 9.31. The monoisotopic (exact) mass is 280 g/mol. The van der Waals surface area contributed by atoms with Crippen molar-refractivity contribution >= 4 is 23.4 Å². The summed E-state index contributed by atoms with van der Waals surface area (Å²) in [6, 6.07) is 6.10. The van der Waals surface area contributed by atoms with Crippen molar-refractivity contribution in [2.45, 2.75) is 18.4 Å². The Morgan fingerprint density at radius 1 is 1.20 bits per heavy atom. The van der Waals surface area contributed by atoms with Gasteiger partial charge in [0.15, 0.2) is 11.3 Å². The number of aliphatic carboxylic acids is 2. The van der Waals surface area contributed by atoms with Crippen LogP contribution in [0, 0.1) is 0 Å². The van der Waals surface area contributed by atoms with Gasteiger partial charge in [0.05, 0.1) is 0 Å². The molecule has 1 aromatic rings. The van der Waals surface area contributed by atoms with Gasteiger partial charge in [-0.1, -0.05) is 0 Å². The highest BCUT2D eigenvalue weighted by molar-refractivity contribution is 6.16. The van der Waals surface area contributed by atoms with Crippen LogP contribution >= 0.6 is 0 Å². The molecule has 0 saturated carbocycles. The zero-order valence-corrected chi connectivity index (χ0v) is 10.9. The number of rotatable bonds is 7. The van der Waals surface area contributed by atoms with E-state index in [0.717, 1.165) is 5.69 Å². The molecule has 0 spiro atoms. The third kappa shape index (κ3) is 3.33. The third-order valence-corrected chi connectivity index (χ3v) is 2.96. The maximum absolute atomic E-state index is 12.2. The van der Waals surface area contributed by atoms with E-state index in [-0.39, 0.29) is 5.56 Å².